The zero-order chi connectivity index (χ0) is 16.8. The number of likely N-dealkylation sites (tertiary alicyclic amines) is 1. The van der Waals surface area contributed by atoms with E-state index in [1.807, 2.05) is 14.1 Å². The van der Waals surface area contributed by atoms with Crippen LogP contribution in [0.2, 0.25) is 0 Å². The van der Waals surface area contributed by atoms with E-state index in [1.54, 1.807) is 0 Å². The number of pyridine rings is 1. The molecule has 0 aromatic carbocycles. The fraction of sp³-hybridized carbons (Fsp3) is 0.588. The van der Waals surface area contributed by atoms with Crippen LogP contribution in [0, 0.1) is 6.92 Å². The molecular weight excluding hydrogens is 304 g/mol. The molecule has 7 nitrogen and oxygen atoms in total. The van der Waals surface area contributed by atoms with Crippen LogP contribution in [0.4, 0.5) is 11.8 Å². The van der Waals surface area contributed by atoms with Crippen molar-refractivity contribution < 1.29 is 5.11 Å². The largest absolute Gasteiger partial charge is 0.390 e. The molecule has 2 aliphatic rings. The van der Waals surface area contributed by atoms with Crippen LogP contribution in [0.15, 0.2) is 0 Å². The molecule has 0 radical (unpaired) electrons. The second-order valence-corrected chi connectivity index (χ2v) is 6.89. The average molecular weight is 328 g/mol. The molecule has 0 bridgehead atoms. The number of hydrogen-bond donors (Lipinski definition) is 3. The van der Waals surface area contributed by atoms with Gasteiger partial charge in [0.25, 0.3) is 0 Å². The molecule has 1 aliphatic carbocycles. The SMILES string of the molecule is CNc1nc(NC2CN(C)CC2O)nc2nc(C)c3c(c12)CCC3. The Labute approximate surface area is 141 Å². The molecule has 2 atom stereocenters. The summed E-state index contributed by atoms with van der Waals surface area (Å²) in [5.41, 5.74) is 4.50. The summed E-state index contributed by atoms with van der Waals surface area (Å²) >= 11 is 0. The van der Waals surface area contributed by atoms with Crippen LogP contribution in [0.25, 0.3) is 11.0 Å². The van der Waals surface area contributed by atoms with Gasteiger partial charge in [-0.05, 0) is 44.4 Å². The minimum absolute atomic E-state index is 0.0623. The van der Waals surface area contributed by atoms with Gasteiger partial charge in [-0.25, -0.2) is 4.98 Å². The Bertz CT molecular complexity index is 792. The predicted octanol–water partition coefficient (Wildman–Crippen LogP) is 0.950. The van der Waals surface area contributed by atoms with E-state index in [-0.39, 0.29) is 6.04 Å². The number of aromatic nitrogens is 3. The van der Waals surface area contributed by atoms with E-state index in [9.17, 15) is 5.11 Å². The van der Waals surface area contributed by atoms with E-state index >= 15 is 0 Å². The number of nitrogens with one attached hydrogen (secondary N) is 2. The first-order valence-corrected chi connectivity index (χ1v) is 8.58. The topological polar surface area (TPSA) is 86.2 Å². The fourth-order valence-electron chi connectivity index (χ4n) is 3.98. The lowest BCUT2D eigenvalue weighted by atomic mass is 10.1. The maximum absolute atomic E-state index is 10.1. The van der Waals surface area contributed by atoms with Crippen molar-refractivity contribution in [3.8, 4) is 0 Å². The van der Waals surface area contributed by atoms with Gasteiger partial charge in [-0.1, -0.05) is 0 Å². The maximum Gasteiger partial charge on any atom is 0.227 e. The third-order valence-corrected chi connectivity index (χ3v) is 5.14. The second kappa shape index (κ2) is 5.82. The fourth-order valence-corrected chi connectivity index (χ4v) is 3.98. The lowest BCUT2D eigenvalue weighted by Crippen LogP contribution is -2.32. The summed E-state index contributed by atoms with van der Waals surface area (Å²) in [4.78, 5) is 16.1. The summed E-state index contributed by atoms with van der Waals surface area (Å²) in [6, 6.07) is -0.0623. The van der Waals surface area contributed by atoms with Crippen molar-refractivity contribution in [2.45, 2.75) is 38.3 Å². The first-order valence-electron chi connectivity index (χ1n) is 8.58. The van der Waals surface area contributed by atoms with Gasteiger partial charge in [0.1, 0.15) is 5.82 Å². The first kappa shape index (κ1) is 15.5. The van der Waals surface area contributed by atoms with Gasteiger partial charge in [0.2, 0.25) is 5.95 Å². The molecule has 2 aromatic rings. The normalized spacial score (nSPS) is 23.7. The highest BCUT2D eigenvalue weighted by Gasteiger charge is 2.30. The number of hydrogen-bond acceptors (Lipinski definition) is 7. The van der Waals surface area contributed by atoms with E-state index in [0.29, 0.717) is 12.5 Å². The van der Waals surface area contributed by atoms with Crippen molar-refractivity contribution in [2.75, 3.05) is 37.8 Å². The van der Waals surface area contributed by atoms with Gasteiger partial charge < -0.3 is 20.6 Å². The maximum atomic E-state index is 10.1. The van der Waals surface area contributed by atoms with Gasteiger partial charge in [0, 0.05) is 25.8 Å². The quantitative estimate of drug-likeness (QED) is 0.773. The van der Waals surface area contributed by atoms with Crippen LogP contribution in [0.1, 0.15) is 23.2 Å². The molecule has 1 aliphatic heterocycles. The average Bonchev–Trinajstić information content (AvgIpc) is 3.14. The lowest BCUT2D eigenvalue weighted by Gasteiger charge is -2.18. The third-order valence-electron chi connectivity index (χ3n) is 5.14. The number of anilines is 2. The molecule has 128 valence electrons. The van der Waals surface area contributed by atoms with Gasteiger partial charge in [0.05, 0.1) is 17.5 Å². The number of aliphatic hydroxyl groups is 1. The Morgan fingerprint density at radius 2 is 1.92 bits per heavy atom. The number of nitrogens with zero attached hydrogens (tertiary/aromatic N) is 4. The Morgan fingerprint density at radius 3 is 2.62 bits per heavy atom. The van der Waals surface area contributed by atoms with Crippen molar-refractivity contribution in [3.63, 3.8) is 0 Å². The van der Waals surface area contributed by atoms with Gasteiger partial charge in [0.15, 0.2) is 5.65 Å². The van der Waals surface area contributed by atoms with Crippen LogP contribution in [-0.4, -0.2) is 64.3 Å². The van der Waals surface area contributed by atoms with E-state index in [0.717, 1.165) is 41.9 Å². The van der Waals surface area contributed by atoms with Gasteiger partial charge in [-0.3, -0.25) is 0 Å². The molecule has 2 unspecified atom stereocenters. The standard InChI is InChI=1S/C17H24N6O/c1-9-10-5-4-6-11(10)14-15(18-2)21-17(22-16(14)19-9)20-12-7-23(3)8-13(12)24/h12-13,24H,4-8H2,1-3H3,(H2,18,19,20,21,22). The monoisotopic (exact) mass is 328 g/mol. The highest BCUT2D eigenvalue weighted by Crippen LogP contribution is 2.34. The van der Waals surface area contributed by atoms with Crippen LogP contribution in [0.3, 0.4) is 0 Å². The van der Waals surface area contributed by atoms with E-state index in [4.69, 9.17) is 4.98 Å². The zero-order valence-corrected chi connectivity index (χ0v) is 14.4. The Kier molecular flexibility index (Phi) is 3.77. The summed E-state index contributed by atoms with van der Waals surface area (Å²) in [5.74, 6) is 1.34. The highest BCUT2D eigenvalue weighted by atomic mass is 16.3. The van der Waals surface area contributed by atoms with Crippen molar-refractivity contribution in [2.24, 2.45) is 0 Å². The van der Waals surface area contributed by atoms with E-state index in [2.05, 4.69) is 32.4 Å². The lowest BCUT2D eigenvalue weighted by molar-refractivity contribution is 0.174. The molecule has 1 saturated heterocycles. The highest BCUT2D eigenvalue weighted by molar-refractivity contribution is 5.92. The van der Waals surface area contributed by atoms with Crippen LogP contribution < -0.4 is 10.6 Å². The van der Waals surface area contributed by atoms with E-state index < -0.39 is 6.10 Å². The van der Waals surface area contributed by atoms with Crippen LogP contribution >= 0.6 is 0 Å². The molecule has 24 heavy (non-hydrogen) atoms. The number of aliphatic hydroxyl groups excluding tert-OH is 1. The Hall–Kier alpha value is -1.99. The van der Waals surface area contributed by atoms with Gasteiger partial charge >= 0.3 is 0 Å². The van der Waals surface area contributed by atoms with Crippen molar-refractivity contribution in [1.82, 2.24) is 19.9 Å². The summed E-state index contributed by atoms with van der Waals surface area (Å²) in [7, 11) is 3.88. The molecular formula is C17H24N6O. The van der Waals surface area contributed by atoms with Gasteiger partial charge in [-0.15, -0.1) is 0 Å². The summed E-state index contributed by atoms with van der Waals surface area (Å²) in [5, 5.41) is 17.7. The van der Waals surface area contributed by atoms with Crippen LogP contribution in [0.5, 0.6) is 0 Å². The molecule has 4 rings (SSSR count). The molecule has 7 heteroatoms. The summed E-state index contributed by atoms with van der Waals surface area (Å²) < 4.78 is 0. The first-order chi connectivity index (χ1) is 11.6. The molecule has 0 amide bonds. The molecule has 0 spiro atoms. The smallest absolute Gasteiger partial charge is 0.227 e. The third kappa shape index (κ3) is 2.48. The Balaban J connectivity index is 1.77. The number of rotatable bonds is 3. The summed E-state index contributed by atoms with van der Waals surface area (Å²) in [6.45, 7) is 3.50. The summed E-state index contributed by atoms with van der Waals surface area (Å²) in [6.07, 6.45) is 2.91. The minimum atomic E-state index is -0.415. The van der Waals surface area contributed by atoms with Crippen molar-refractivity contribution >= 4 is 22.8 Å². The second-order valence-electron chi connectivity index (χ2n) is 6.89. The number of β-amino-alcohol motifs (C(OH)–C–C–N with tert-alkyl or cyclic N) is 1. The zero-order valence-electron chi connectivity index (χ0n) is 14.4. The number of likely N-dealkylation sites (N-methyl/N-ethyl adjacent to an activating group) is 1. The van der Waals surface area contributed by atoms with E-state index in [1.165, 1.54) is 17.5 Å². The van der Waals surface area contributed by atoms with Crippen LogP contribution in [-0.2, 0) is 12.8 Å². The predicted molar refractivity (Wildman–Crippen MR) is 94.6 cm³/mol. The van der Waals surface area contributed by atoms with Crippen molar-refractivity contribution in [1.29, 1.82) is 0 Å². The molecule has 1 fully saturated rings. The van der Waals surface area contributed by atoms with Crippen molar-refractivity contribution in [3.05, 3.63) is 16.8 Å². The minimum Gasteiger partial charge on any atom is -0.390 e. The molecule has 0 saturated carbocycles. The number of aryl methyl sites for hydroxylation is 2. The molecule has 2 aromatic heterocycles. The molecule has 3 N–H and O–H groups in total. The molecule has 3 heterocycles. The van der Waals surface area contributed by atoms with Gasteiger partial charge in [-0.2, -0.15) is 9.97 Å². The number of fused-ring (bicyclic) bond motifs is 3. The Morgan fingerprint density at radius 1 is 1.12 bits per heavy atom.